The smallest absolute Gasteiger partial charge is 0.267 e. The zero-order valence-corrected chi connectivity index (χ0v) is 17.0. The number of hydrogen-bond acceptors (Lipinski definition) is 6. The van der Waals surface area contributed by atoms with Gasteiger partial charge in [-0.1, -0.05) is 24.3 Å². The predicted molar refractivity (Wildman–Crippen MR) is 112 cm³/mol. The van der Waals surface area contributed by atoms with Crippen molar-refractivity contribution < 1.29 is 13.2 Å². The topological polar surface area (TPSA) is 75.6 Å². The highest BCUT2D eigenvalue weighted by atomic mass is 32.2. The molecule has 5 rings (SSSR count). The second kappa shape index (κ2) is 6.96. The molecular weight excluding hydrogens is 388 g/mol. The SMILES string of the molecule is Cc1cccc(S(=O)(=O)N2CN(C[C@H]3CCCO3)c3nc4ccccc4nc32)c1. The normalized spacial score (nSPS) is 19.1. The van der Waals surface area contributed by atoms with Gasteiger partial charge in [-0.3, -0.25) is 0 Å². The maximum absolute atomic E-state index is 13.5. The van der Waals surface area contributed by atoms with E-state index in [1.165, 1.54) is 4.31 Å². The van der Waals surface area contributed by atoms with Gasteiger partial charge in [0.05, 0.1) is 22.0 Å². The van der Waals surface area contributed by atoms with Gasteiger partial charge in [0.15, 0.2) is 11.6 Å². The number of aryl methyl sites for hydroxylation is 1. The van der Waals surface area contributed by atoms with Crippen molar-refractivity contribution in [3.63, 3.8) is 0 Å². The van der Waals surface area contributed by atoms with E-state index >= 15 is 0 Å². The Morgan fingerprint density at radius 2 is 1.83 bits per heavy atom. The Labute approximate surface area is 170 Å². The Balaban J connectivity index is 1.61. The lowest BCUT2D eigenvalue weighted by molar-refractivity contribution is 0.116. The number of anilines is 2. The van der Waals surface area contributed by atoms with Crippen molar-refractivity contribution in [3.8, 4) is 0 Å². The molecule has 0 saturated carbocycles. The number of hydrogen-bond donors (Lipinski definition) is 0. The predicted octanol–water partition coefficient (Wildman–Crippen LogP) is 3.09. The maximum Gasteiger partial charge on any atom is 0.267 e. The van der Waals surface area contributed by atoms with Gasteiger partial charge in [-0.25, -0.2) is 22.7 Å². The van der Waals surface area contributed by atoms with Crippen LogP contribution in [0, 0.1) is 6.92 Å². The van der Waals surface area contributed by atoms with E-state index in [0.29, 0.717) is 23.7 Å². The molecule has 1 fully saturated rings. The Morgan fingerprint density at radius 3 is 2.52 bits per heavy atom. The third-order valence-corrected chi connectivity index (χ3v) is 7.11. The highest BCUT2D eigenvalue weighted by Gasteiger charge is 2.39. The molecule has 29 heavy (non-hydrogen) atoms. The quantitative estimate of drug-likeness (QED) is 0.658. The monoisotopic (exact) mass is 410 g/mol. The van der Waals surface area contributed by atoms with Crippen LogP contribution in [0.4, 0.5) is 11.6 Å². The van der Waals surface area contributed by atoms with Crippen LogP contribution in [0.15, 0.2) is 53.4 Å². The van der Waals surface area contributed by atoms with Crippen LogP contribution in [-0.4, -0.2) is 44.3 Å². The summed E-state index contributed by atoms with van der Waals surface area (Å²) in [5.74, 6) is 0.971. The zero-order chi connectivity index (χ0) is 20.0. The van der Waals surface area contributed by atoms with Crippen LogP contribution >= 0.6 is 0 Å². The Kier molecular flexibility index (Phi) is 4.40. The number of aromatic nitrogens is 2. The molecule has 3 heterocycles. The first-order chi connectivity index (χ1) is 14.0. The lowest BCUT2D eigenvalue weighted by Crippen LogP contribution is -2.39. The minimum Gasteiger partial charge on any atom is -0.376 e. The summed E-state index contributed by atoms with van der Waals surface area (Å²) in [4.78, 5) is 11.7. The van der Waals surface area contributed by atoms with Crippen molar-refractivity contribution in [2.24, 2.45) is 0 Å². The minimum atomic E-state index is -3.76. The Hall–Kier alpha value is -2.71. The van der Waals surface area contributed by atoms with Crippen molar-refractivity contribution in [2.45, 2.75) is 30.8 Å². The molecule has 0 aliphatic carbocycles. The lowest BCUT2D eigenvalue weighted by atomic mass is 10.2. The zero-order valence-electron chi connectivity index (χ0n) is 16.2. The van der Waals surface area contributed by atoms with Crippen LogP contribution < -0.4 is 9.21 Å². The Morgan fingerprint density at radius 1 is 1.07 bits per heavy atom. The number of fused-ring (bicyclic) bond motifs is 2. The molecule has 3 aromatic rings. The number of sulfonamides is 1. The van der Waals surface area contributed by atoms with Gasteiger partial charge in [0.25, 0.3) is 10.0 Å². The van der Waals surface area contributed by atoms with Crippen molar-refractivity contribution in [1.29, 1.82) is 0 Å². The van der Waals surface area contributed by atoms with Crippen LogP contribution in [-0.2, 0) is 14.8 Å². The van der Waals surface area contributed by atoms with Gasteiger partial charge in [-0.15, -0.1) is 0 Å². The molecule has 1 saturated heterocycles. The number of rotatable bonds is 4. The molecule has 150 valence electrons. The van der Waals surface area contributed by atoms with E-state index in [0.717, 1.165) is 30.5 Å². The summed E-state index contributed by atoms with van der Waals surface area (Å²) in [7, 11) is -3.76. The molecule has 1 aromatic heterocycles. The summed E-state index contributed by atoms with van der Waals surface area (Å²) in [5, 5.41) is 0. The van der Waals surface area contributed by atoms with Crippen molar-refractivity contribution in [1.82, 2.24) is 9.97 Å². The van der Waals surface area contributed by atoms with Gasteiger partial charge in [0.2, 0.25) is 0 Å². The summed E-state index contributed by atoms with van der Waals surface area (Å²) in [6.07, 6.45) is 2.08. The average Bonchev–Trinajstić information content (AvgIpc) is 3.35. The summed E-state index contributed by atoms with van der Waals surface area (Å²) in [6, 6.07) is 14.5. The second-order valence-corrected chi connectivity index (χ2v) is 9.39. The largest absolute Gasteiger partial charge is 0.376 e. The van der Waals surface area contributed by atoms with Gasteiger partial charge >= 0.3 is 0 Å². The standard InChI is InChI=1S/C21H22N4O3S/c1-15-6-4-8-17(12-15)29(26,27)25-14-24(13-16-7-5-11-28-16)20-21(25)23-19-10-3-2-9-18(19)22-20/h2-4,6,8-10,12,16H,5,7,11,13-14H2,1H3/t16-/m1/s1. The summed E-state index contributed by atoms with van der Waals surface area (Å²) < 4.78 is 34.1. The van der Waals surface area contributed by atoms with E-state index < -0.39 is 10.0 Å². The van der Waals surface area contributed by atoms with Crippen LogP contribution in [0.25, 0.3) is 11.0 Å². The molecule has 0 spiro atoms. The summed E-state index contributed by atoms with van der Waals surface area (Å²) >= 11 is 0. The number of benzene rings is 2. The highest BCUT2D eigenvalue weighted by molar-refractivity contribution is 7.92. The molecule has 0 unspecified atom stereocenters. The van der Waals surface area contributed by atoms with Gasteiger partial charge < -0.3 is 9.64 Å². The molecular formula is C21H22N4O3S. The van der Waals surface area contributed by atoms with E-state index in [2.05, 4.69) is 4.98 Å². The molecule has 8 heteroatoms. The first-order valence-electron chi connectivity index (χ1n) is 9.75. The Bertz CT molecular complexity index is 1180. The first-order valence-corrected chi connectivity index (χ1v) is 11.2. The van der Waals surface area contributed by atoms with E-state index in [-0.39, 0.29) is 17.7 Å². The maximum atomic E-state index is 13.5. The van der Waals surface area contributed by atoms with E-state index in [4.69, 9.17) is 9.72 Å². The molecule has 0 bridgehead atoms. The van der Waals surface area contributed by atoms with Crippen LogP contribution in [0.3, 0.4) is 0 Å². The van der Waals surface area contributed by atoms with Gasteiger partial charge in [0.1, 0.15) is 6.67 Å². The van der Waals surface area contributed by atoms with Crippen molar-refractivity contribution in [3.05, 3.63) is 54.1 Å². The molecule has 2 aliphatic heterocycles. The van der Waals surface area contributed by atoms with Crippen molar-refractivity contribution >= 4 is 32.7 Å². The molecule has 0 amide bonds. The minimum absolute atomic E-state index is 0.0812. The third-order valence-electron chi connectivity index (χ3n) is 5.39. The molecule has 7 nitrogen and oxygen atoms in total. The summed E-state index contributed by atoms with van der Waals surface area (Å²) in [5.41, 5.74) is 2.32. The van der Waals surface area contributed by atoms with Crippen LogP contribution in [0.5, 0.6) is 0 Å². The fourth-order valence-electron chi connectivity index (χ4n) is 3.92. The number of para-hydroxylation sites is 2. The van der Waals surface area contributed by atoms with Crippen molar-refractivity contribution in [2.75, 3.05) is 29.0 Å². The average molecular weight is 410 g/mol. The van der Waals surface area contributed by atoms with E-state index in [1.807, 2.05) is 42.2 Å². The summed E-state index contributed by atoms with van der Waals surface area (Å²) in [6.45, 7) is 3.41. The van der Waals surface area contributed by atoms with E-state index in [1.54, 1.807) is 18.2 Å². The molecule has 0 radical (unpaired) electrons. The van der Waals surface area contributed by atoms with E-state index in [9.17, 15) is 8.42 Å². The van der Waals surface area contributed by atoms with Crippen LogP contribution in [0.1, 0.15) is 18.4 Å². The number of ether oxygens (including phenoxy) is 1. The number of nitrogens with zero attached hydrogens (tertiary/aromatic N) is 4. The fraction of sp³-hybridized carbons (Fsp3) is 0.333. The van der Waals surface area contributed by atoms with Gasteiger partial charge in [-0.05, 0) is 49.6 Å². The molecule has 1 atom stereocenters. The fourth-order valence-corrected chi connectivity index (χ4v) is 5.40. The van der Waals surface area contributed by atoms with Gasteiger partial charge in [0, 0.05) is 13.2 Å². The highest BCUT2D eigenvalue weighted by Crippen LogP contribution is 2.38. The van der Waals surface area contributed by atoms with Gasteiger partial charge in [-0.2, -0.15) is 0 Å². The van der Waals surface area contributed by atoms with Crippen LogP contribution in [0.2, 0.25) is 0 Å². The molecule has 2 aliphatic rings. The first kappa shape index (κ1) is 18.3. The molecule has 2 aromatic carbocycles. The second-order valence-electron chi connectivity index (χ2n) is 7.53. The third kappa shape index (κ3) is 3.22. The molecule has 0 N–H and O–H groups in total. The lowest BCUT2D eigenvalue weighted by Gasteiger charge is -2.23.